The molecule has 0 aliphatic carbocycles. The van der Waals surface area contributed by atoms with Crippen LogP contribution in [0, 0.1) is 6.92 Å². The van der Waals surface area contributed by atoms with Crippen LogP contribution in [-0.2, 0) is 4.74 Å². The molecule has 0 atom stereocenters. The molecule has 0 aromatic carbocycles. The molecule has 6 heterocycles. The molecule has 6 rings (SSSR count). The standard InChI is InChI=1S/C29H29N7OS/c1-4-18(16-19(5-2)37-20-10-13-30-14-11-20)21-7-8-23-26(32-21)28(36-35-23)29-33-22-12-15-31-27(25(22)34-29)24-9-6-17(3)38-24/h4-9,12,15-16,20,30H,2,10-11,13-14H2,1,3H3,(H,33,34)(H,35,36)/b18-4+,19-16+. The average Bonchev–Trinajstić information content (AvgIpc) is 3.68. The van der Waals surface area contributed by atoms with Crippen molar-refractivity contribution in [1.29, 1.82) is 0 Å². The van der Waals surface area contributed by atoms with Gasteiger partial charge < -0.3 is 15.0 Å². The maximum atomic E-state index is 6.24. The van der Waals surface area contributed by atoms with Gasteiger partial charge in [0.2, 0.25) is 0 Å². The third-order valence-electron chi connectivity index (χ3n) is 6.70. The topological polar surface area (TPSA) is 104 Å². The first-order valence-electron chi connectivity index (χ1n) is 12.8. The molecule has 1 aliphatic rings. The third kappa shape index (κ3) is 4.66. The summed E-state index contributed by atoms with van der Waals surface area (Å²) < 4.78 is 6.24. The number of nitrogens with one attached hydrogen (secondary N) is 3. The minimum atomic E-state index is 0.195. The van der Waals surface area contributed by atoms with Crippen LogP contribution in [0.5, 0.6) is 0 Å². The summed E-state index contributed by atoms with van der Waals surface area (Å²) in [5, 5.41) is 11.0. The van der Waals surface area contributed by atoms with Crippen molar-refractivity contribution in [2.45, 2.75) is 32.8 Å². The Morgan fingerprint density at radius 2 is 1.89 bits per heavy atom. The van der Waals surface area contributed by atoms with Crippen LogP contribution in [0.1, 0.15) is 30.3 Å². The van der Waals surface area contributed by atoms with E-state index in [9.17, 15) is 0 Å². The first kappa shape index (κ1) is 24.3. The lowest BCUT2D eigenvalue weighted by molar-refractivity contribution is 0.0962. The lowest BCUT2D eigenvalue weighted by Gasteiger charge is -2.24. The van der Waals surface area contributed by atoms with Crippen LogP contribution in [0.2, 0.25) is 0 Å². The lowest BCUT2D eigenvalue weighted by atomic mass is 10.1. The molecular weight excluding hydrogens is 494 g/mol. The number of H-pyrrole nitrogens is 2. The van der Waals surface area contributed by atoms with Crippen LogP contribution >= 0.6 is 11.3 Å². The van der Waals surface area contributed by atoms with Gasteiger partial charge in [-0.25, -0.2) is 9.97 Å². The van der Waals surface area contributed by atoms with E-state index in [2.05, 4.69) is 51.1 Å². The van der Waals surface area contributed by atoms with E-state index in [-0.39, 0.29) is 6.10 Å². The monoisotopic (exact) mass is 523 g/mol. The van der Waals surface area contributed by atoms with E-state index in [0.29, 0.717) is 11.5 Å². The molecule has 5 aromatic rings. The SMILES string of the molecule is C=C/C(=C\C(=C/C)c1ccc2[nH]nc(-c3nc4c(-c5ccc(C)s5)nccc4[nH]3)c2n1)OC1CCNCC1. The quantitative estimate of drug-likeness (QED) is 0.174. The number of fused-ring (bicyclic) bond motifs is 2. The summed E-state index contributed by atoms with van der Waals surface area (Å²) in [7, 11) is 0. The van der Waals surface area contributed by atoms with E-state index < -0.39 is 0 Å². The highest BCUT2D eigenvalue weighted by Crippen LogP contribution is 2.33. The smallest absolute Gasteiger partial charge is 0.161 e. The Hall–Kier alpha value is -4.08. The fourth-order valence-electron chi connectivity index (χ4n) is 4.72. The molecule has 0 bridgehead atoms. The minimum Gasteiger partial charge on any atom is -0.490 e. The molecule has 3 N–H and O–H groups in total. The maximum Gasteiger partial charge on any atom is 0.161 e. The Labute approximate surface area is 224 Å². The Morgan fingerprint density at radius 3 is 2.66 bits per heavy atom. The predicted octanol–water partition coefficient (Wildman–Crippen LogP) is 6.17. The number of aromatic nitrogens is 6. The van der Waals surface area contributed by atoms with Gasteiger partial charge in [0.15, 0.2) is 11.5 Å². The van der Waals surface area contributed by atoms with E-state index in [4.69, 9.17) is 14.7 Å². The van der Waals surface area contributed by atoms with Crippen molar-refractivity contribution in [1.82, 2.24) is 35.5 Å². The largest absolute Gasteiger partial charge is 0.490 e. The number of piperidine rings is 1. The van der Waals surface area contributed by atoms with Crippen LogP contribution < -0.4 is 5.32 Å². The summed E-state index contributed by atoms with van der Waals surface area (Å²) in [5.41, 5.74) is 6.62. The number of nitrogens with zero attached hydrogens (tertiary/aromatic N) is 4. The predicted molar refractivity (Wildman–Crippen MR) is 154 cm³/mol. The van der Waals surface area contributed by atoms with Crippen LogP contribution in [0.25, 0.3) is 49.7 Å². The average molecular weight is 524 g/mol. The van der Waals surface area contributed by atoms with Crippen LogP contribution in [0.4, 0.5) is 0 Å². The first-order chi connectivity index (χ1) is 18.6. The van der Waals surface area contributed by atoms with Gasteiger partial charge in [-0.2, -0.15) is 5.10 Å². The number of pyridine rings is 2. The van der Waals surface area contributed by atoms with E-state index >= 15 is 0 Å². The minimum absolute atomic E-state index is 0.195. The van der Waals surface area contributed by atoms with Crippen LogP contribution in [-0.4, -0.2) is 49.3 Å². The van der Waals surface area contributed by atoms with Crippen molar-refractivity contribution in [3.63, 3.8) is 0 Å². The number of aryl methyl sites for hydroxylation is 1. The summed E-state index contributed by atoms with van der Waals surface area (Å²) in [6, 6.07) is 10.1. The van der Waals surface area contributed by atoms with Crippen molar-refractivity contribution in [2.75, 3.05) is 13.1 Å². The zero-order valence-corrected chi connectivity index (χ0v) is 22.2. The van der Waals surface area contributed by atoms with Gasteiger partial charge in [0.25, 0.3) is 0 Å². The van der Waals surface area contributed by atoms with Crippen LogP contribution in [0.15, 0.2) is 67.1 Å². The maximum absolute atomic E-state index is 6.24. The summed E-state index contributed by atoms with van der Waals surface area (Å²) in [4.78, 5) is 20.3. The van der Waals surface area contributed by atoms with Crippen molar-refractivity contribution in [3.05, 3.63) is 77.7 Å². The van der Waals surface area contributed by atoms with Gasteiger partial charge in [0.1, 0.15) is 28.6 Å². The Morgan fingerprint density at radius 1 is 1.05 bits per heavy atom. The van der Waals surface area contributed by atoms with Crippen LogP contribution in [0.3, 0.4) is 0 Å². The molecule has 0 spiro atoms. The fourth-order valence-corrected chi connectivity index (χ4v) is 5.58. The third-order valence-corrected chi connectivity index (χ3v) is 7.71. The van der Waals surface area contributed by atoms with Gasteiger partial charge in [0, 0.05) is 11.1 Å². The Bertz CT molecular complexity index is 1680. The highest BCUT2D eigenvalue weighted by molar-refractivity contribution is 7.15. The number of thiophene rings is 1. The second-order valence-electron chi connectivity index (χ2n) is 9.28. The van der Waals surface area contributed by atoms with Crippen molar-refractivity contribution >= 4 is 39.0 Å². The summed E-state index contributed by atoms with van der Waals surface area (Å²) >= 11 is 1.71. The molecule has 5 aromatic heterocycles. The number of allylic oxidation sites excluding steroid dienone is 4. The van der Waals surface area contributed by atoms with Crippen molar-refractivity contribution < 1.29 is 4.74 Å². The highest BCUT2D eigenvalue weighted by atomic mass is 32.1. The summed E-state index contributed by atoms with van der Waals surface area (Å²) in [6.07, 6.45) is 9.78. The zero-order chi connectivity index (χ0) is 26.1. The van der Waals surface area contributed by atoms with Gasteiger partial charge in [-0.05, 0) is 87.8 Å². The first-order valence-corrected chi connectivity index (χ1v) is 13.6. The second-order valence-corrected chi connectivity index (χ2v) is 10.6. The summed E-state index contributed by atoms with van der Waals surface area (Å²) in [6.45, 7) is 10.0. The Kier molecular flexibility index (Phi) is 6.61. The number of imidazole rings is 1. The molecule has 0 unspecified atom stereocenters. The molecule has 0 saturated carbocycles. The number of hydrogen-bond acceptors (Lipinski definition) is 7. The zero-order valence-electron chi connectivity index (χ0n) is 21.4. The van der Waals surface area contributed by atoms with Gasteiger partial charge in [-0.3, -0.25) is 10.1 Å². The molecule has 8 nitrogen and oxygen atoms in total. The second kappa shape index (κ2) is 10.4. The van der Waals surface area contributed by atoms with Crippen molar-refractivity contribution in [3.8, 4) is 22.1 Å². The van der Waals surface area contributed by atoms with E-state index in [1.807, 2.05) is 37.3 Å². The van der Waals surface area contributed by atoms with Gasteiger partial charge >= 0.3 is 0 Å². The molecule has 0 amide bonds. The molecule has 9 heteroatoms. The molecular formula is C29H29N7OS. The highest BCUT2D eigenvalue weighted by Gasteiger charge is 2.19. The van der Waals surface area contributed by atoms with Crippen molar-refractivity contribution in [2.24, 2.45) is 0 Å². The number of aromatic amines is 2. The normalized spacial score (nSPS) is 15.4. The van der Waals surface area contributed by atoms with Gasteiger partial charge in [-0.15, -0.1) is 11.3 Å². The lowest BCUT2D eigenvalue weighted by Crippen LogP contribution is -2.32. The fraction of sp³-hybridized carbons (Fsp3) is 0.241. The molecule has 0 radical (unpaired) electrons. The van der Waals surface area contributed by atoms with E-state index in [1.165, 1.54) is 4.88 Å². The number of hydrogen-bond donors (Lipinski definition) is 3. The Balaban J connectivity index is 1.36. The number of rotatable bonds is 7. The summed E-state index contributed by atoms with van der Waals surface area (Å²) in [5.74, 6) is 1.40. The molecule has 1 aliphatic heterocycles. The molecule has 1 fully saturated rings. The molecule has 1 saturated heterocycles. The van der Waals surface area contributed by atoms with E-state index in [0.717, 1.165) is 75.6 Å². The molecule has 192 valence electrons. The van der Waals surface area contributed by atoms with Gasteiger partial charge in [-0.1, -0.05) is 12.7 Å². The van der Waals surface area contributed by atoms with E-state index in [1.54, 1.807) is 23.6 Å². The molecule has 38 heavy (non-hydrogen) atoms. The number of ether oxygens (including phenoxy) is 1. The van der Waals surface area contributed by atoms with Gasteiger partial charge in [0.05, 0.1) is 21.6 Å².